The molecule has 0 amide bonds. The fraction of sp³-hybridized carbons (Fsp3) is 0.0909. The van der Waals surface area contributed by atoms with Gasteiger partial charge < -0.3 is 9.52 Å². The van der Waals surface area contributed by atoms with Crippen molar-refractivity contribution in [2.45, 2.75) is 6.61 Å². The number of aliphatic hydroxyl groups is 1. The van der Waals surface area contributed by atoms with Crippen molar-refractivity contribution < 1.29 is 9.52 Å². The van der Waals surface area contributed by atoms with Crippen LogP contribution < -0.4 is 0 Å². The van der Waals surface area contributed by atoms with Crippen LogP contribution in [0.25, 0.3) is 22.3 Å². The zero-order valence-electron chi connectivity index (χ0n) is 7.84. The van der Waals surface area contributed by atoms with Crippen molar-refractivity contribution in [2.24, 2.45) is 0 Å². The number of fused-ring (bicyclic) bond motifs is 2. The first kappa shape index (κ1) is 8.38. The number of benzene rings is 1. The first-order valence-electron chi connectivity index (χ1n) is 4.63. The molecule has 74 valence electrons. The van der Waals surface area contributed by atoms with Crippen LogP contribution in [0.3, 0.4) is 0 Å². The van der Waals surface area contributed by atoms with Crippen LogP contribution in [-0.4, -0.2) is 15.1 Å². The van der Waals surface area contributed by atoms with Crippen LogP contribution >= 0.6 is 0 Å². The van der Waals surface area contributed by atoms with Crippen LogP contribution in [0.1, 0.15) is 5.76 Å². The van der Waals surface area contributed by atoms with Crippen molar-refractivity contribution in [3.63, 3.8) is 0 Å². The van der Waals surface area contributed by atoms with E-state index in [-0.39, 0.29) is 6.61 Å². The SMILES string of the molecule is OCc1cc2nc3ccccc3nc2o1. The van der Waals surface area contributed by atoms with E-state index in [1.54, 1.807) is 6.07 Å². The van der Waals surface area contributed by atoms with E-state index in [1.165, 1.54) is 0 Å². The van der Waals surface area contributed by atoms with Gasteiger partial charge in [-0.25, -0.2) is 9.97 Å². The average molecular weight is 200 g/mol. The van der Waals surface area contributed by atoms with Crippen LogP contribution in [0, 0.1) is 0 Å². The summed E-state index contributed by atoms with van der Waals surface area (Å²) in [5.74, 6) is 0.486. The molecule has 0 fully saturated rings. The lowest BCUT2D eigenvalue weighted by atomic mass is 10.3. The highest BCUT2D eigenvalue weighted by molar-refractivity contribution is 5.83. The summed E-state index contributed by atoms with van der Waals surface area (Å²) < 4.78 is 5.30. The summed E-state index contributed by atoms with van der Waals surface area (Å²) >= 11 is 0. The first-order valence-corrected chi connectivity index (χ1v) is 4.63. The van der Waals surface area contributed by atoms with Gasteiger partial charge in [0.1, 0.15) is 17.9 Å². The minimum absolute atomic E-state index is 0.131. The maximum Gasteiger partial charge on any atom is 0.246 e. The Morgan fingerprint density at radius 2 is 1.80 bits per heavy atom. The molecule has 4 nitrogen and oxygen atoms in total. The molecule has 15 heavy (non-hydrogen) atoms. The summed E-state index contributed by atoms with van der Waals surface area (Å²) in [5.41, 5.74) is 2.77. The maximum atomic E-state index is 8.93. The fourth-order valence-electron chi connectivity index (χ4n) is 1.55. The normalized spacial score (nSPS) is 11.3. The molecule has 0 saturated heterocycles. The van der Waals surface area contributed by atoms with E-state index < -0.39 is 0 Å². The predicted molar refractivity (Wildman–Crippen MR) is 55.2 cm³/mol. The molecule has 0 aliphatic carbocycles. The molecule has 0 aliphatic rings. The first-order chi connectivity index (χ1) is 7.36. The highest BCUT2D eigenvalue weighted by Crippen LogP contribution is 2.19. The number of hydrogen-bond donors (Lipinski definition) is 1. The molecule has 0 atom stereocenters. The Morgan fingerprint density at radius 1 is 1.07 bits per heavy atom. The second-order valence-electron chi connectivity index (χ2n) is 3.27. The Kier molecular flexibility index (Phi) is 1.69. The Labute approximate surface area is 85.2 Å². The number of nitrogens with zero attached hydrogens (tertiary/aromatic N) is 2. The van der Waals surface area contributed by atoms with Crippen molar-refractivity contribution in [3.8, 4) is 0 Å². The van der Waals surface area contributed by atoms with E-state index in [1.807, 2.05) is 24.3 Å². The summed E-state index contributed by atoms with van der Waals surface area (Å²) in [4.78, 5) is 8.68. The molecule has 0 aliphatic heterocycles. The van der Waals surface area contributed by atoms with Crippen molar-refractivity contribution in [3.05, 3.63) is 36.1 Å². The van der Waals surface area contributed by atoms with E-state index in [0.29, 0.717) is 17.0 Å². The lowest BCUT2D eigenvalue weighted by molar-refractivity contribution is 0.250. The Balaban J connectivity index is 2.39. The molecular weight excluding hydrogens is 192 g/mol. The molecule has 0 spiro atoms. The number of hydrogen-bond acceptors (Lipinski definition) is 4. The fourth-order valence-corrected chi connectivity index (χ4v) is 1.55. The number of rotatable bonds is 1. The molecule has 0 radical (unpaired) electrons. The van der Waals surface area contributed by atoms with Crippen molar-refractivity contribution >= 4 is 22.3 Å². The van der Waals surface area contributed by atoms with Gasteiger partial charge in [-0.2, -0.15) is 0 Å². The van der Waals surface area contributed by atoms with E-state index in [9.17, 15) is 0 Å². The second kappa shape index (κ2) is 3.03. The van der Waals surface area contributed by atoms with Crippen LogP contribution in [0.4, 0.5) is 0 Å². The van der Waals surface area contributed by atoms with E-state index >= 15 is 0 Å². The van der Waals surface area contributed by atoms with Gasteiger partial charge in [-0.1, -0.05) is 12.1 Å². The number of furan rings is 1. The summed E-state index contributed by atoms with van der Waals surface area (Å²) in [6, 6.07) is 9.29. The molecule has 0 unspecified atom stereocenters. The highest BCUT2D eigenvalue weighted by atomic mass is 16.4. The molecule has 4 heteroatoms. The molecular formula is C11H8N2O2. The Bertz CT molecular complexity index is 578. The van der Waals surface area contributed by atoms with Gasteiger partial charge in [0, 0.05) is 6.07 Å². The predicted octanol–water partition coefficient (Wildman–Crippen LogP) is 1.87. The molecule has 2 aromatic heterocycles. The van der Waals surface area contributed by atoms with Crippen LogP contribution in [0.5, 0.6) is 0 Å². The maximum absolute atomic E-state index is 8.93. The monoisotopic (exact) mass is 200 g/mol. The van der Waals surface area contributed by atoms with Gasteiger partial charge in [0.2, 0.25) is 5.71 Å². The van der Waals surface area contributed by atoms with E-state index in [0.717, 1.165) is 11.0 Å². The molecule has 2 heterocycles. The number of para-hydroxylation sites is 2. The molecule has 1 aromatic carbocycles. The molecule has 3 rings (SSSR count). The van der Waals surface area contributed by atoms with Gasteiger partial charge in [-0.15, -0.1) is 0 Å². The third-order valence-corrected chi connectivity index (χ3v) is 2.25. The Morgan fingerprint density at radius 3 is 2.53 bits per heavy atom. The van der Waals surface area contributed by atoms with Gasteiger partial charge in [-0.3, -0.25) is 0 Å². The number of aromatic nitrogens is 2. The van der Waals surface area contributed by atoms with Gasteiger partial charge in [0.15, 0.2) is 0 Å². The lowest BCUT2D eigenvalue weighted by Crippen LogP contribution is -1.82. The highest BCUT2D eigenvalue weighted by Gasteiger charge is 2.06. The average Bonchev–Trinajstić information content (AvgIpc) is 2.67. The van der Waals surface area contributed by atoms with Gasteiger partial charge in [0.05, 0.1) is 11.0 Å². The molecule has 1 N–H and O–H groups in total. The minimum Gasteiger partial charge on any atom is -0.439 e. The largest absolute Gasteiger partial charge is 0.439 e. The van der Waals surface area contributed by atoms with Gasteiger partial charge in [-0.05, 0) is 12.1 Å². The smallest absolute Gasteiger partial charge is 0.246 e. The summed E-state index contributed by atoms with van der Waals surface area (Å²) in [7, 11) is 0. The summed E-state index contributed by atoms with van der Waals surface area (Å²) in [6.07, 6.45) is 0. The number of aliphatic hydroxyl groups excluding tert-OH is 1. The quantitative estimate of drug-likeness (QED) is 0.651. The topological polar surface area (TPSA) is 59.2 Å². The van der Waals surface area contributed by atoms with Crippen LogP contribution in [0.2, 0.25) is 0 Å². The van der Waals surface area contributed by atoms with E-state index in [2.05, 4.69) is 9.97 Å². The summed E-state index contributed by atoms with van der Waals surface area (Å²) in [6.45, 7) is -0.131. The lowest BCUT2D eigenvalue weighted by Gasteiger charge is -1.93. The zero-order chi connectivity index (χ0) is 10.3. The third-order valence-electron chi connectivity index (χ3n) is 2.25. The van der Waals surface area contributed by atoms with Crippen molar-refractivity contribution in [1.82, 2.24) is 9.97 Å². The zero-order valence-corrected chi connectivity index (χ0v) is 7.84. The third kappa shape index (κ3) is 1.27. The second-order valence-corrected chi connectivity index (χ2v) is 3.27. The Hall–Kier alpha value is -1.94. The van der Waals surface area contributed by atoms with Gasteiger partial charge in [0.25, 0.3) is 0 Å². The van der Waals surface area contributed by atoms with Crippen LogP contribution in [0.15, 0.2) is 34.7 Å². The van der Waals surface area contributed by atoms with Gasteiger partial charge >= 0.3 is 0 Å². The molecule has 0 bridgehead atoms. The van der Waals surface area contributed by atoms with E-state index in [4.69, 9.17) is 9.52 Å². The summed E-state index contributed by atoms with van der Waals surface area (Å²) in [5, 5.41) is 8.93. The van der Waals surface area contributed by atoms with Crippen LogP contribution in [-0.2, 0) is 6.61 Å². The molecule has 0 saturated carbocycles. The molecule has 3 aromatic rings. The minimum atomic E-state index is -0.131. The van der Waals surface area contributed by atoms with Crippen molar-refractivity contribution in [2.75, 3.05) is 0 Å². The standard InChI is InChI=1S/C11H8N2O2/c14-6-7-5-10-11(15-7)13-9-4-2-1-3-8(9)12-10/h1-5,14H,6H2. The van der Waals surface area contributed by atoms with Crippen molar-refractivity contribution in [1.29, 1.82) is 0 Å².